The van der Waals surface area contributed by atoms with Crippen molar-refractivity contribution in [3.8, 4) is 22.9 Å². The number of carbonyl (C=O) groups excluding carboxylic acids is 2. The number of fused-ring (bicyclic) bond motifs is 3. The minimum atomic E-state index is -0.837. The first kappa shape index (κ1) is 21.8. The second kappa shape index (κ2) is 9.35. The zero-order valence-corrected chi connectivity index (χ0v) is 18.8. The maximum atomic E-state index is 13.1. The number of benzene rings is 2. The van der Waals surface area contributed by atoms with Crippen molar-refractivity contribution in [1.82, 2.24) is 15.2 Å². The SMILES string of the molecule is CCC(=O)Oc1cccc([C@@H]2Oc3nc(SC)nnc3-c3ccccc3N2C(=O)CC)c1. The molecule has 1 amide bonds. The summed E-state index contributed by atoms with van der Waals surface area (Å²) in [5.41, 5.74) is 2.45. The van der Waals surface area contributed by atoms with Gasteiger partial charge in [-0.2, -0.15) is 4.98 Å². The predicted octanol–water partition coefficient (Wildman–Crippen LogP) is 4.41. The van der Waals surface area contributed by atoms with Gasteiger partial charge in [0.15, 0.2) is 5.69 Å². The Morgan fingerprint density at radius 2 is 1.91 bits per heavy atom. The minimum Gasteiger partial charge on any atom is -0.447 e. The van der Waals surface area contributed by atoms with Gasteiger partial charge in [-0.15, -0.1) is 10.2 Å². The summed E-state index contributed by atoms with van der Waals surface area (Å²) in [7, 11) is 0. The van der Waals surface area contributed by atoms with Crippen LogP contribution in [0.1, 0.15) is 38.5 Å². The van der Waals surface area contributed by atoms with Crippen LogP contribution in [0.3, 0.4) is 0 Å². The smallest absolute Gasteiger partial charge is 0.310 e. The molecule has 0 N–H and O–H groups in total. The van der Waals surface area contributed by atoms with Gasteiger partial charge in [-0.1, -0.05) is 55.9 Å². The molecule has 164 valence electrons. The van der Waals surface area contributed by atoms with Crippen LogP contribution in [0.5, 0.6) is 11.6 Å². The molecule has 0 fully saturated rings. The highest BCUT2D eigenvalue weighted by Crippen LogP contribution is 2.43. The van der Waals surface area contributed by atoms with E-state index in [4.69, 9.17) is 9.47 Å². The normalized spacial score (nSPS) is 14.6. The van der Waals surface area contributed by atoms with Crippen LogP contribution in [0.25, 0.3) is 11.3 Å². The maximum absolute atomic E-state index is 13.1. The van der Waals surface area contributed by atoms with E-state index in [1.807, 2.05) is 36.6 Å². The van der Waals surface area contributed by atoms with Crippen molar-refractivity contribution in [3.05, 3.63) is 54.1 Å². The summed E-state index contributed by atoms with van der Waals surface area (Å²) in [5.74, 6) is 0.182. The molecule has 3 aromatic rings. The van der Waals surface area contributed by atoms with E-state index in [0.717, 1.165) is 0 Å². The zero-order valence-electron chi connectivity index (χ0n) is 17.9. The van der Waals surface area contributed by atoms with Crippen molar-refractivity contribution in [2.24, 2.45) is 0 Å². The van der Waals surface area contributed by atoms with Crippen LogP contribution in [-0.2, 0) is 9.59 Å². The summed E-state index contributed by atoms with van der Waals surface area (Å²) in [6, 6.07) is 14.4. The fourth-order valence-corrected chi connectivity index (χ4v) is 3.69. The van der Waals surface area contributed by atoms with E-state index >= 15 is 0 Å². The van der Waals surface area contributed by atoms with Crippen LogP contribution < -0.4 is 14.4 Å². The van der Waals surface area contributed by atoms with Crippen molar-refractivity contribution in [2.75, 3.05) is 11.2 Å². The van der Waals surface area contributed by atoms with Crippen LogP contribution in [0.4, 0.5) is 5.69 Å². The van der Waals surface area contributed by atoms with Crippen molar-refractivity contribution in [2.45, 2.75) is 38.1 Å². The molecule has 1 atom stereocenters. The maximum Gasteiger partial charge on any atom is 0.310 e. The largest absolute Gasteiger partial charge is 0.447 e. The van der Waals surface area contributed by atoms with Crippen molar-refractivity contribution < 1.29 is 19.1 Å². The number of rotatable bonds is 5. The van der Waals surface area contributed by atoms with E-state index in [2.05, 4.69) is 15.2 Å². The van der Waals surface area contributed by atoms with Gasteiger partial charge in [0.1, 0.15) is 5.75 Å². The number of ether oxygens (including phenoxy) is 2. The summed E-state index contributed by atoms with van der Waals surface area (Å²) in [4.78, 5) is 31.1. The van der Waals surface area contributed by atoms with Gasteiger partial charge in [0.2, 0.25) is 23.2 Å². The molecule has 0 saturated heterocycles. The molecule has 0 aliphatic carbocycles. The van der Waals surface area contributed by atoms with E-state index in [0.29, 0.717) is 33.4 Å². The molecule has 1 aromatic heterocycles. The van der Waals surface area contributed by atoms with Crippen LogP contribution >= 0.6 is 11.8 Å². The lowest BCUT2D eigenvalue weighted by atomic mass is 10.1. The summed E-state index contributed by atoms with van der Waals surface area (Å²) in [6.45, 7) is 3.52. The molecule has 0 radical (unpaired) electrons. The molecule has 32 heavy (non-hydrogen) atoms. The highest BCUT2D eigenvalue weighted by molar-refractivity contribution is 7.98. The number of nitrogens with zero attached hydrogens (tertiary/aromatic N) is 4. The van der Waals surface area contributed by atoms with Gasteiger partial charge in [-0.05, 0) is 24.5 Å². The van der Waals surface area contributed by atoms with Gasteiger partial charge in [0, 0.05) is 24.0 Å². The van der Waals surface area contributed by atoms with Gasteiger partial charge in [-0.25, -0.2) is 0 Å². The molecule has 2 heterocycles. The second-order valence-corrected chi connectivity index (χ2v) is 7.73. The molecule has 9 heteroatoms. The molecular formula is C23H22N4O4S. The topological polar surface area (TPSA) is 94.5 Å². The first-order chi connectivity index (χ1) is 15.5. The molecule has 4 rings (SSSR count). The summed E-state index contributed by atoms with van der Waals surface area (Å²) >= 11 is 1.35. The van der Waals surface area contributed by atoms with Crippen molar-refractivity contribution in [1.29, 1.82) is 0 Å². The second-order valence-electron chi connectivity index (χ2n) is 6.96. The first-order valence-electron chi connectivity index (χ1n) is 10.2. The van der Waals surface area contributed by atoms with Gasteiger partial charge in [0.25, 0.3) is 0 Å². The quantitative estimate of drug-likeness (QED) is 0.320. The Labute approximate surface area is 190 Å². The Hall–Kier alpha value is -3.46. The van der Waals surface area contributed by atoms with E-state index in [-0.39, 0.29) is 30.6 Å². The number of anilines is 1. The molecule has 0 unspecified atom stereocenters. The monoisotopic (exact) mass is 450 g/mol. The summed E-state index contributed by atoms with van der Waals surface area (Å²) < 4.78 is 11.7. The van der Waals surface area contributed by atoms with Crippen molar-refractivity contribution in [3.63, 3.8) is 0 Å². The standard InChI is InChI=1S/C23H22N4O4S/c1-4-18(28)27-17-12-7-6-11-16(17)20-21(24-23(32-3)26-25-20)31-22(27)14-9-8-10-15(13-14)30-19(29)5-2/h6-13,22H,4-5H2,1-3H3/t22-/m0/s1. The molecular weight excluding hydrogens is 428 g/mol. The molecule has 0 spiro atoms. The lowest BCUT2D eigenvalue weighted by Gasteiger charge is -2.30. The van der Waals surface area contributed by atoms with E-state index < -0.39 is 6.23 Å². The number of amides is 1. The number of carbonyl (C=O) groups is 2. The lowest BCUT2D eigenvalue weighted by molar-refractivity contribution is -0.134. The molecule has 2 aromatic carbocycles. The van der Waals surface area contributed by atoms with Crippen LogP contribution in [0.2, 0.25) is 0 Å². The van der Waals surface area contributed by atoms with Gasteiger partial charge >= 0.3 is 5.97 Å². The highest BCUT2D eigenvalue weighted by Gasteiger charge is 2.35. The number of aromatic nitrogens is 3. The average Bonchev–Trinajstić information content (AvgIpc) is 2.97. The molecule has 8 nitrogen and oxygen atoms in total. The number of para-hydroxylation sites is 1. The lowest BCUT2D eigenvalue weighted by Crippen LogP contribution is -2.37. The number of esters is 1. The number of thioether (sulfide) groups is 1. The third kappa shape index (κ3) is 4.16. The third-order valence-corrected chi connectivity index (χ3v) is 5.47. The number of hydrogen-bond donors (Lipinski definition) is 0. The van der Waals surface area contributed by atoms with E-state index in [1.165, 1.54) is 11.8 Å². The Morgan fingerprint density at radius 3 is 2.66 bits per heavy atom. The number of hydrogen-bond acceptors (Lipinski definition) is 8. The molecule has 1 aliphatic rings. The van der Waals surface area contributed by atoms with Gasteiger partial charge in [0.05, 0.1) is 5.69 Å². The third-order valence-electron chi connectivity index (χ3n) is 4.93. The highest BCUT2D eigenvalue weighted by atomic mass is 32.2. The van der Waals surface area contributed by atoms with E-state index in [9.17, 15) is 9.59 Å². The zero-order chi connectivity index (χ0) is 22.7. The Kier molecular flexibility index (Phi) is 6.36. The van der Waals surface area contributed by atoms with E-state index in [1.54, 1.807) is 36.9 Å². The van der Waals surface area contributed by atoms with Crippen LogP contribution in [-0.4, -0.2) is 33.3 Å². The average molecular weight is 451 g/mol. The fourth-order valence-electron chi connectivity index (χ4n) is 3.39. The molecule has 0 saturated carbocycles. The summed E-state index contributed by atoms with van der Waals surface area (Å²) in [6.07, 6.45) is 1.54. The van der Waals surface area contributed by atoms with Crippen molar-refractivity contribution >= 4 is 29.3 Å². The van der Waals surface area contributed by atoms with Crippen LogP contribution in [0.15, 0.2) is 53.7 Å². The Morgan fingerprint density at radius 1 is 1.09 bits per heavy atom. The van der Waals surface area contributed by atoms with Crippen LogP contribution in [0, 0.1) is 0 Å². The molecule has 1 aliphatic heterocycles. The van der Waals surface area contributed by atoms with Gasteiger partial charge in [-0.3, -0.25) is 14.5 Å². The Balaban J connectivity index is 1.90. The minimum absolute atomic E-state index is 0.135. The Bertz CT molecular complexity index is 1170. The summed E-state index contributed by atoms with van der Waals surface area (Å²) in [5, 5.41) is 8.96. The first-order valence-corrected chi connectivity index (χ1v) is 11.5. The predicted molar refractivity (Wildman–Crippen MR) is 121 cm³/mol. The molecule has 0 bridgehead atoms. The fraction of sp³-hybridized carbons (Fsp3) is 0.261. The van der Waals surface area contributed by atoms with Gasteiger partial charge < -0.3 is 9.47 Å².